The molecule has 1 heterocycles. The fourth-order valence-corrected chi connectivity index (χ4v) is 2.00. The van der Waals surface area contributed by atoms with E-state index in [1.54, 1.807) is 0 Å². The lowest BCUT2D eigenvalue weighted by Gasteiger charge is -2.25. The van der Waals surface area contributed by atoms with Crippen LogP contribution in [0.25, 0.3) is 0 Å². The van der Waals surface area contributed by atoms with Gasteiger partial charge in [-0.25, -0.2) is 0 Å². The SMILES string of the molecule is CN(CCOC(F)(F)F)CCC1CCNCC1. The van der Waals surface area contributed by atoms with Gasteiger partial charge in [0.2, 0.25) is 0 Å². The van der Waals surface area contributed by atoms with Crippen molar-refractivity contribution in [3.63, 3.8) is 0 Å². The van der Waals surface area contributed by atoms with Crippen LogP contribution in [-0.2, 0) is 4.74 Å². The average Bonchev–Trinajstić information content (AvgIpc) is 2.26. The summed E-state index contributed by atoms with van der Waals surface area (Å²) in [6, 6.07) is 0. The molecule has 17 heavy (non-hydrogen) atoms. The summed E-state index contributed by atoms with van der Waals surface area (Å²) in [6.45, 7) is 3.00. The second-order valence-corrected chi connectivity index (χ2v) is 4.58. The molecule has 1 saturated heterocycles. The van der Waals surface area contributed by atoms with Crippen molar-refractivity contribution in [3.05, 3.63) is 0 Å². The molecule has 0 aromatic rings. The van der Waals surface area contributed by atoms with Crippen molar-refractivity contribution in [3.8, 4) is 0 Å². The molecule has 0 amide bonds. The highest BCUT2D eigenvalue weighted by molar-refractivity contribution is 4.69. The zero-order chi connectivity index (χ0) is 12.7. The number of likely N-dealkylation sites (N-methyl/N-ethyl adjacent to an activating group) is 1. The molecule has 1 rings (SSSR count). The number of halogens is 3. The zero-order valence-corrected chi connectivity index (χ0v) is 10.2. The quantitative estimate of drug-likeness (QED) is 0.783. The van der Waals surface area contributed by atoms with Crippen LogP contribution in [-0.4, -0.2) is 51.1 Å². The Labute approximate surface area is 100 Å². The normalized spacial score (nSPS) is 18.9. The standard InChI is InChI=1S/C11H21F3N2O/c1-16(8-9-17-11(12,13)14)7-4-10-2-5-15-6-3-10/h10,15H,2-9H2,1H3. The first kappa shape index (κ1) is 14.7. The highest BCUT2D eigenvalue weighted by Gasteiger charge is 2.28. The molecule has 1 aliphatic rings. The van der Waals surface area contributed by atoms with Gasteiger partial charge < -0.3 is 10.2 Å². The Kier molecular flexibility index (Phi) is 6.22. The minimum atomic E-state index is -4.50. The summed E-state index contributed by atoms with van der Waals surface area (Å²) < 4.78 is 38.9. The molecule has 0 spiro atoms. The van der Waals surface area contributed by atoms with Gasteiger partial charge in [0, 0.05) is 6.54 Å². The van der Waals surface area contributed by atoms with E-state index in [0.717, 1.165) is 26.1 Å². The van der Waals surface area contributed by atoms with Crippen LogP contribution >= 0.6 is 0 Å². The van der Waals surface area contributed by atoms with Gasteiger partial charge >= 0.3 is 6.36 Å². The highest BCUT2D eigenvalue weighted by Crippen LogP contribution is 2.17. The summed E-state index contributed by atoms with van der Waals surface area (Å²) in [6.07, 6.45) is -1.10. The second-order valence-electron chi connectivity index (χ2n) is 4.58. The largest absolute Gasteiger partial charge is 0.522 e. The lowest BCUT2D eigenvalue weighted by Crippen LogP contribution is -2.31. The van der Waals surface area contributed by atoms with Crippen LogP contribution in [0, 0.1) is 5.92 Å². The zero-order valence-electron chi connectivity index (χ0n) is 10.2. The summed E-state index contributed by atoms with van der Waals surface area (Å²) in [5.74, 6) is 0.710. The van der Waals surface area contributed by atoms with Gasteiger partial charge in [0.05, 0.1) is 6.61 Å². The lowest BCUT2D eigenvalue weighted by atomic mass is 9.94. The molecule has 0 aliphatic carbocycles. The predicted molar refractivity (Wildman–Crippen MR) is 59.7 cm³/mol. The molecule has 0 saturated carbocycles. The smallest absolute Gasteiger partial charge is 0.317 e. The van der Waals surface area contributed by atoms with Crippen LogP contribution in [0.15, 0.2) is 0 Å². The first-order chi connectivity index (χ1) is 7.97. The van der Waals surface area contributed by atoms with E-state index in [9.17, 15) is 13.2 Å². The number of alkyl halides is 3. The molecular formula is C11H21F3N2O. The Morgan fingerprint density at radius 2 is 1.88 bits per heavy atom. The van der Waals surface area contributed by atoms with Crippen molar-refractivity contribution >= 4 is 0 Å². The molecule has 0 atom stereocenters. The number of nitrogens with one attached hydrogen (secondary N) is 1. The van der Waals surface area contributed by atoms with Gasteiger partial charge in [0.25, 0.3) is 0 Å². The van der Waals surface area contributed by atoms with Crippen molar-refractivity contribution in [1.82, 2.24) is 10.2 Å². The second kappa shape index (κ2) is 7.18. The molecule has 102 valence electrons. The highest BCUT2D eigenvalue weighted by atomic mass is 19.4. The number of ether oxygens (including phenoxy) is 1. The maximum absolute atomic E-state index is 11.7. The molecule has 0 unspecified atom stereocenters. The van der Waals surface area contributed by atoms with Crippen molar-refractivity contribution < 1.29 is 17.9 Å². The molecule has 3 nitrogen and oxygen atoms in total. The number of piperidine rings is 1. The van der Waals surface area contributed by atoms with Gasteiger partial charge in [-0.15, -0.1) is 13.2 Å². The van der Waals surface area contributed by atoms with Crippen molar-refractivity contribution in [2.45, 2.75) is 25.6 Å². The molecule has 0 radical (unpaired) electrons. The fraction of sp³-hybridized carbons (Fsp3) is 1.00. The monoisotopic (exact) mass is 254 g/mol. The van der Waals surface area contributed by atoms with Crippen LogP contribution in [0.3, 0.4) is 0 Å². The Morgan fingerprint density at radius 1 is 1.24 bits per heavy atom. The van der Waals surface area contributed by atoms with E-state index in [0.29, 0.717) is 12.5 Å². The van der Waals surface area contributed by atoms with Gasteiger partial charge in [0.15, 0.2) is 0 Å². The lowest BCUT2D eigenvalue weighted by molar-refractivity contribution is -0.324. The number of hydrogen-bond acceptors (Lipinski definition) is 3. The van der Waals surface area contributed by atoms with Crippen LogP contribution in [0.1, 0.15) is 19.3 Å². The third kappa shape index (κ3) is 7.57. The summed E-state index contributed by atoms with van der Waals surface area (Å²) in [4.78, 5) is 1.90. The molecule has 1 fully saturated rings. The van der Waals surface area contributed by atoms with Crippen LogP contribution < -0.4 is 5.32 Å². The molecule has 1 aliphatic heterocycles. The maximum Gasteiger partial charge on any atom is 0.522 e. The average molecular weight is 254 g/mol. The van der Waals surface area contributed by atoms with Crippen molar-refractivity contribution in [1.29, 1.82) is 0 Å². The third-order valence-electron chi connectivity index (χ3n) is 3.12. The minimum absolute atomic E-state index is 0.285. The van der Waals surface area contributed by atoms with E-state index in [1.807, 2.05) is 11.9 Å². The number of hydrogen-bond donors (Lipinski definition) is 1. The van der Waals surface area contributed by atoms with Crippen molar-refractivity contribution in [2.75, 3.05) is 39.8 Å². The van der Waals surface area contributed by atoms with Crippen LogP contribution in [0.4, 0.5) is 13.2 Å². The molecule has 0 bridgehead atoms. The Hall–Kier alpha value is -0.330. The summed E-state index contributed by atoms with van der Waals surface area (Å²) >= 11 is 0. The molecule has 0 aromatic heterocycles. The van der Waals surface area contributed by atoms with Gasteiger partial charge in [-0.3, -0.25) is 4.74 Å². The molecule has 6 heteroatoms. The van der Waals surface area contributed by atoms with E-state index in [2.05, 4.69) is 10.1 Å². The van der Waals surface area contributed by atoms with E-state index in [-0.39, 0.29) is 6.61 Å². The Bertz CT molecular complexity index is 205. The number of rotatable bonds is 6. The minimum Gasteiger partial charge on any atom is -0.317 e. The van der Waals surface area contributed by atoms with E-state index >= 15 is 0 Å². The molecular weight excluding hydrogens is 233 g/mol. The first-order valence-corrected chi connectivity index (χ1v) is 6.07. The van der Waals surface area contributed by atoms with Gasteiger partial charge in [-0.1, -0.05) is 0 Å². The topological polar surface area (TPSA) is 24.5 Å². The molecule has 0 aromatic carbocycles. The van der Waals surface area contributed by atoms with Crippen molar-refractivity contribution in [2.24, 2.45) is 5.92 Å². The third-order valence-corrected chi connectivity index (χ3v) is 3.12. The molecule has 1 N–H and O–H groups in total. The van der Waals surface area contributed by atoms with E-state index in [1.165, 1.54) is 12.8 Å². The van der Waals surface area contributed by atoms with Gasteiger partial charge in [-0.2, -0.15) is 0 Å². The maximum atomic E-state index is 11.7. The first-order valence-electron chi connectivity index (χ1n) is 6.07. The van der Waals surface area contributed by atoms with Gasteiger partial charge in [0.1, 0.15) is 0 Å². The summed E-state index contributed by atoms with van der Waals surface area (Å²) in [5.41, 5.74) is 0. The predicted octanol–water partition coefficient (Wildman–Crippen LogP) is 1.84. The van der Waals surface area contributed by atoms with E-state index < -0.39 is 6.36 Å². The number of nitrogens with zero attached hydrogens (tertiary/aromatic N) is 1. The van der Waals surface area contributed by atoms with E-state index in [4.69, 9.17) is 0 Å². The summed E-state index contributed by atoms with van der Waals surface area (Å²) in [5, 5.41) is 3.29. The Balaban J connectivity index is 2.02. The van der Waals surface area contributed by atoms with Crippen LogP contribution in [0.5, 0.6) is 0 Å². The summed E-state index contributed by atoms with van der Waals surface area (Å²) in [7, 11) is 1.83. The van der Waals surface area contributed by atoms with Gasteiger partial charge in [-0.05, 0) is 51.9 Å². The van der Waals surface area contributed by atoms with Crippen LogP contribution in [0.2, 0.25) is 0 Å². The fourth-order valence-electron chi connectivity index (χ4n) is 2.00. The Morgan fingerprint density at radius 3 is 2.47 bits per heavy atom.